The van der Waals surface area contributed by atoms with Gasteiger partial charge in [-0.1, -0.05) is 19.0 Å². The van der Waals surface area contributed by atoms with Crippen molar-refractivity contribution >= 4 is 11.7 Å². The SMILES string of the molecule is CC1(C)CC1C(=O)N1CCC(C(N)=NO)CC1. The van der Waals surface area contributed by atoms with Gasteiger partial charge in [0.2, 0.25) is 5.91 Å². The van der Waals surface area contributed by atoms with Crippen LogP contribution in [-0.2, 0) is 4.79 Å². The normalized spacial score (nSPS) is 29.2. The first kappa shape index (κ1) is 12.2. The molecule has 1 saturated carbocycles. The maximum atomic E-state index is 12.1. The number of nitrogens with two attached hydrogens (primary N) is 1. The van der Waals surface area contributed by atoms with Crippen LogP contribution in [-0.4, -0.2) is 34.9 Å². The van der Waals surface area contributed by atoms with Crippen LogP contribution < -0.4 is 5.73 Å². The molecule has 0 bridgehead atoms. The van der Waals surface area contributed by atoms with Crippen molar-refractivity contribution in [2.24, 2.45) is 28.1 Å². The van der Waals surface area contributed by atoms with Crippen molar-refractivity contribution in [2.75, 3.05) is 13.1 Å². The summed E-state index contributed by atoms with van der Waals surface area (Å²) in [5, 5.41) is 11.7. The predicted octanol–water partition coefficient (Wildman–Crippen LogP) is 1.02. The minimum absolute atomic E-state index is 0.122. The van der Waals surface area contributed by atoms with E-state index in [4.69, 9.17) is 10.9 Å². The number of likely N-dealkylation sites (tertiary alicyclic amines) is 1. The zero-order valence-electron chi connectivity index (χ0n) is 10.5. The Labute approximate surface area is 102 Å². The number of piperidine rings is 1. The van der Waals surface area contributed by atoms with E-state index in [9.17, 15) is 4.79 Å². The van der Waals surface area contributed by atoms with Crippen molar-refractivity contribution in [3.8, 4) is 0 Å². The van der Waals surface area contributed by atoms with E-state index < -0.39 is 0 Å². The van der Waals surface area contributed by atoms with Gasteiger partial charge in [0.15, 0.2) is 0 Å². The van der Waals surface area contributed by atoms with E-state index in [2.05, 4.69) is 19.0 Å². The van der Waals surface area contributed by atoms with Gasteiger partial charge in [0, 0.05) is 24.9 Å². The molecule has 0 aromatic carbocycles. The monoisotopic (exact) mass is 239 g/mol. The van der Waals surface area contributed by atoms with Crippen molar-refractivity contribution in [1.82, 2.24) is 4.90 Å². The van der Waals surface area contributed by atoms with Crippen LogP contribution in [0.15, 0.2) is 5.16 Å². The Kier molecular flexibility index (Phi) is 3.02. The Hall–Kier alpha value is -1.26. The molecule has 2 rings (SSSR count). The first-order valence-electron chi connectivity index (χ1n) is 6.22. The van der Waals surface area contributed by atoms with E-state index in [0.29, 0.717) is 5.84 Å². The highest BCUT2D eigenvalue weighted by molar-refractivity contribution is 5.84. The number of nitrogens with zero attached hydrogens (tertiary/aromatic N) is 2. The molecule has 96 valence electrons. The molecule has 3 N–H and O–H groups in total. The molecule has 2 fully saturated rings. The highest BCUT2D eigenvalue weighted by Gasteiger charge is 2.52. The molecule has 1 atom stereocenters. The van der Waals surface area contributed by atoms with Crippen LogP contribution in [0.1, 0.15) is 33.1 Å². The molecule has 1 heterocycles. The van der Waals surface area contributed by atoms with Gasteiger partial charge in [-0.05, 0) is 24.7 Å². The number of hydrogen-bond donors (Lipinski definition) is 2. The summed E-state index contributed by atoms with van der Waals surface area (Å²) in [6, 6.07) is 0. The van der Waals surface area contributed by atoms with Gasteiger partial charge >= 0.3 is 0 Å². The Morgan fingerprint density at radius 2 is 1.94 bits per heavy atom. The minimum Gasteiger partial charge on any atom is -0.409 e. The molecule has 0 aromatic heterocycles. The summed E-state index contributed by atoms with van der Waals surface area (Å²) in [5.41, 5.74) is 5.77. The maximum Gasteiger partial charge on any atom is 0.226 e. The van der Waals surface area contributed by atoms with Crippen molar-refractivity contribution in [2.45, 2.75) is 33.1 Å². The van der Waals surface area contributed by atoms with E-state index in [0.717, 1.165) is 32.4 Å². The highest BCUT2D eigenvalue weighted by atomic mass is 16.4. The van der Waals surface area contributed by atoms with E-state index in [1.54, 1.807) is 0 Å². The van der Waals surface area contributed by atoms with Gasteiger partial charge in [-0.25, -0.2) is 0 Å². The number of oxime groups is 1. The third-order valence-electron chi connectivity index (χ3n) is 4.15. The second-order valence-electron chi connectivity index (χ2n) is 5.87. The molecule has 17 heavy (non-hydrogen) atoms. The van der Waals surface area contributed by atoms with Crippen LogP contribution in [0.25, 0.3) is 0 Å². The van der Waals surface area contributed by atoms with Crippen LogP contribution in [0.3, 0.4) is 0 Å². The van der Waals surface area contributed by atoms with E-state index >= 15 is 0 Å². The summed E-state index contributed by atoms with van der Waals surface area (Å²) in [6.07, 6.45) is 2.61. The average molecular weight is 239 g/mol. The summed E-state index contributed by atoms with van der Waals surface area (Å²) in [6.45, 7) is 5.73. The van der Waals surface area contributed by atoms with Crippen LogP contribution in [0.4, 0.5) is 0 Å². The van der Waals surface area contributed by atoms with Crippen molar-refractivity contribution in [1.29, 1.82) is 0 Å². The first-order valence-corrected chi connectivity index (χ1v) is 6.22. The summed E-state index contributed by atoms with van der Waals surface area (Å²) >= 11 is 0. The molecule has 5 heteroatoms. The molecule has 1 amide bonds. The van der Waals surface area contributed by atoms with Crippen LogP contribution >= 0.6 is 0 Å². The summed E-state index contributed by atoms with van der Waals surface area (Å²) < 4.78 is 0. The van der Waals surface area contributed by atoms with Gasteiger partial charge in [0.05, 0.1) is 0 Å². The van der Waals surface area contributed by atoms with Crippen LogP contribution in [0.2, 0.25) is 0 Å². The lowest BCUT2D eigenvalue weighted by atomic mass is 9.95. The second kappa shape index (κ2) is 4.20. The van der Waals surface area contributed by atoms with Gasteiger partial charge in [-0.3, -0.25) is 4.79 Å². The number of rotatable bonds is 2. The fraction of sp³-hybridized carbons (Fsp3) is 0.833. The summed E-state index contributed by atoms with van der Waals surface area (Å²) in [5.74, 6) is 0.913. The van der Waals surface area contributed by atoms with E-state index in [1.165, 1.54) is 0 Å². The topological polar surface area (TPSA) is 78.9 Å². The van der Waals surface area contributed by atoms with Crippen molar-refractivity contribution in [3.63, 3.8) is 0 Å². The molecule has 1 unspecified atom stereocenters. The standard InChI is InChI=1S/C12H21N3O2/c1-12(2)7-9(12)11(16)15-5-3-8(4-6-15)10(13)14-17/h8-9,17H,3-7H2,1-2H3,(H2,13,14). The fourth-order valence-corrected chi connectivity index (χ4v) is 2.59. The Bertz CT molecular complexity index is 344. The number of hydrogen-bond acceptors (Lipinski definition) is 3. The first-order chi connectivity index (χ1) is 7.95. The van der Waals surface area contributed by atoms with Crippen LogP contribution in [0, 0.1) is 17.3 Å². The van der Waals surface area contributed by atoms with Crippen LogP contribution in [0.5, 0.6) is 0 Å². The fourth-order valence-electron chi connectivity index (χ4n) is 2.59. The molecule has 5 nitrogen and oxygen atoms in total. The largest absolute Gasteiger partial charge is 0.409 e. The van der Waals surface area contributed by atoms with Gasteiger partial charge < -0.3 is 15.8 Å². The summed E-state index contributed by atoms with van der Waals surface area (Å²) in [7, 11) is 0. The van der Waals surface area contributed by atoms with Crippen molar-refractivity contribution < 1.29 is 10.0 Å². The molecule has 1 aliphatic carbocycles. The molecule has 1 aliphatic heterocycles. The molecule has 0 spiro atoms. The molecule has 1 saturated heterocycles. The Balaban J connectivity index is 1.86. The molecule has 0 aromatic rings. The van der Waals surface area contributed by atoms with E-state index in [1.807, 2.05) is 4.90 Å². The average Bonchev–Trinajstić information content (AvgIpc) is 2.97. The smallest absolute Gasteiger partial charge is 0.226 e. The molecule has 2 aliphatic rings. The lowest BCUT2D eigenvalue weighted by Crippen LogP contribution is -2.42. The second-order valence-corrected chi connectivity index (χ2v) is 5.87. The number of amidine groups is 1. The lowest BCUT2D eigenvalue weighted by molar-refractivity contribution is -0.134. The molecule has 0 radical (unpaired) electrons. The maximum absolute atomic E-state index is 12.1. The third-order valence-corrected chi connectivity index (χ3v) is 4.15. The lowest BCUT2D eigenvalue weighted by Gasteiger charge is -2.31. The minimum atomic E-state index is 0.122. The summed E-state index contributed by atoms with van der Waals surface area (Å²) in [4.78, 5) is 14.1. The third kappa shape index (κ3) is 2.37. The molecular formula is C12H21N3O2. The highest BCUT2D eigenvalue weighted by Crippen LogP contribution is 2.52. The van der Waals surface area contributed by atoms with Gasteiger partial charge in [0.25, 0.3) is 0 Å². The Morgan fingerprint density at radius 3 is 2.35 bits per heavy atom. The van der Waals surface area contributed by atoms with E-state index in [-0.39, 0.29) is 23.2 Å². The zero-order valence-corrected chi connectivity index (χ0v) is 10.5. The number of carbonyl (C=O) groups is 1. The Morgan fingerprint density at radius 1 is 1.41 bits per heavy atom. The number of amides is 1. The van der Waals surface area contributed by atoms with Gasteiger partial charge in [0.1, 0.15) is 5.84 Å². The molecular weight excluding hydrogens is 218 g/mol. The van der Waals surface area contributed by atoms with Crippen molar-refractivity contribution in [3.05, 3.63) is 0 Å². The van der Waals surface area contributed by atoms with Gasteiger partial charge in [-0.15, -0.1) is 0 Å². The quantitative estimate of drug-likeness (QED) is 0.327. The van der Waals surface area contributed by atoms with Gasteiger partial charge in [-0.2, -0.15) is 0 Å². The zero-order chi connectivity index (χ0) is 12.6. The predicted molar refractivity (Wildman–Crippen MR) is 64.6 cm³/mol. The number of carbonyl (C=O) groups excluding carboxylic acids is 1.